The Morgan fingerprint density at radius 3 is 2.53 bits per heavy atom. The molecule has 0 amide bonds. The van der Waals surface area contributed by atoms with Gasteiger partial charge >= 0.3 is 0 Å². The minimum absolute atomic E-state index is 0.303. The Kier molecular flexibility index (Phi) is 3.76. The molecule has 1 aliphatic rings. The topological polar surface area (TPSA) is 35.2 Å². The predicted molar refractivity (Wildman–Crippen MR) is 82.5 cm³/mol. The molecule has 3 rings (SSSR count). The zero-order chi connectivity index (χ0) is 13.2. The number of hydrogen-bond donors (Lipinski definition) is 1. The highest BCUT2D eigenvalue weighted by atomic mass is 79.9. The van der Waals surface area contributed by atoms with Gasteiger partial charge in [0, 0.05) is 6.04 Å². The van der Waals surface area contributed by atoms with Crippen LogP contribution < -0.4 is 10.5 Å². The Morgan fingerprint density at radius 2 is 1.74 bits per heavy atom. The molecule has 2 aromatic rings. The molecule has 100 valence electrons. The highest BCUT2D eigenvalue weighted by Gasteiger charge is 2.20. The quantitative estimate of drug-likeness (QED) is 0.898. The van der Waals surface area contributed by atoms with E-state index in [2.05, 4.69) is 52.3 Å². The van der Waals surface area contributed by atoms with E-state index in [4.69, 9.17) is 10.5 Å². The maximum atomic E-state index is 6.14. The molecule has 0 aliphatic heterocycles. The average Bonchev–Trinajstić information content (AvgIpc) is 2.45. The van der Waals surface area contributed by atoms with Gasteiger partial charge in [-0.3, -0.25) is 0 Å². The van der Waals surface area contributed by atoms with E-state index in [9.17, 15) is 0 Å². The second-order valence-corrected chi connectivity index (χ2v) is 6.05. The van der Waals surface area contributed by atoms with Crippen molar-refractivity contribution >= 4 is 26.7 Å². The molecule has 0 radical (unpaired) electrons. The molecule has 0 aromatic heterocycles. The van der Waals surface area contributed by atoms with E-state index in [-0.39, 0.29) is 0 Å². The summed E-state index contributed by atoms with van der Waals surface area (Å²) in [5.41, 5.74) is 5.93. The molecule has 2 aromatic carbocycles. The van der Waals surface area contributed by atoms with Crippen LogP contribution in [0.25, 0.3) is 10.8 Å². The van der Waals surface area contributed by atoms with Crippen LogP contribution in [0.1, 0.15) is 25.7 Å². The fourth-order valence-electron chi connectivity index (χ4n) is 2.69. The molecule has 2 nitrogen and oxygen atoms in total. The summed E-state index contributed by atoms with van der Waals surface area (Å²) in [5.74, 6) is 0.944. The zero-order valence-corrected chi connectivity index (χ0v) is 12.4. The largest absolute Gasteiger partial charge is 0.489 e. The molecule has 19 heavy (non-hydrogen) atoms. The first-order chi connectivity index (χ1) is 9.24. The summed E-state index contributed by atoms with van der Waals surface area (Å²) in [6.07, 6.45) is 4.55. The maximum Gasteiger partial charge on any atom is 0.134 e. The van der Waals surface area contributed by atoms with E-state index >= 15 is 0 Å². The fourth-order valence-corrected chi connectivity index (χ4v) is 3.28. The molecule has 0 heterocycles. The summed E-state index contributed by atoms with van der Waals surface area (Å²) in [6.45, 7) is 0. The first-order valence-corrected chi connectivity index (χ1v) is 7.63. The predicted octanol–water partition coefficient (Wildman–Crippen LogP) is 4.25. The number of halogens is 1. The molecular weight excluding hydrogens is 302 g/mol. The Morgan fingerprint density at radius 1 is 1.00 bits per heavy atom. The Bertz CT molecular complexity index is 576. The summed E-state index contributed by atoms with van der Waals surface area (Å²) in [5, 5.41) is 2.43. The van der Waals surface area contributed by atoms with Gasteiger partial charge in [0.1, 0.15) is 5.75 Å². The summed E-state index contributed by atoms with van der Waals surface area (Å²) >= 11 is 3.67. The maximum absolute atomic E-state index is 6.14. The number of nitrogens with two attached hydrogens (primary N) is 1. The van der Waals surface area contributed by atoms with Crippen LogP contribution in [0.15, 0.2) is 40.9 Å². The van der Waals surface area contributed by atoms with Crippen LogP contribution in [0.5, 0.6) is 5.75 Å². The standard InChI is InChI=1S/C16H18BrNO/c17-16-14-4-2-1-3-11(14)5-10-15(16)19-13-8-6-12(18)7-9-13/h1-5,10,12-13H,6-9,18H2. The van der Waals surface area contributed by atoms with Gasteiger partial charge in [-0.1, -0.05) is 30.3 Å². The molecule has 1 aliphatic carbocycles. The van der Waals surface area contributed by atoms with Crippen LogP contribution in [-0.2, 0) is 0 Å². The van der Waals surface area contributed by atoms with E-state index in [1.807, 2.05) is 0 Å². The van der Waals surface area contributed by atoms with Crippen molar-refractivity contribution < 1.29 is 4.74 Å². The van der Waals surface area contributed by atoms with E-state index in [1.54, 1.807) is 0 Å². The average molecular weight is 320 g/mol. The third kappa shape index (κ3) is 2.77. The van der Waals surface area contributed by atoms with Crippen molar-refractivity contribution in [2.24, 2.45) is 5.73 Å². The van der Waals surface area contributed by atoms with Crippen molar-refractivity contribution in [2.45, 2.75) is 37.8 Å². The van der Waals surface area contributed by atoms with Crippen LogP contribution in [0.3, 0.4) is 0 Å². The van der Waals surface area contributed by atoms with Gasteiger partial charge in [-0.05, 0) is 58.5 Å². The first-order valence-electron chi connectivity index (χ1n) is 6.83. The van der Waals surface area contributed by atoms with Crippen molar-refractivity contribution in [1.82, 2.24) is 0 Å². The number of fused-ring (bicyclic) bond motifs is 1. The van der Waals surface area contributed by atoms with Gasteiger partial charge in [0.05, 0.1) is 10.6 Å². The van der Waals surface area contributed by atoms with E-state index < -0.39 is 0 Å². The highest BCUT2D eigenvalue weighted by molar-refractivity contribution is 9.10. The van der Waals surface area contributed by atoms with Gasteiger partial charge in [0.15, 0.2) is 0 Å². The van der Waals surface area contributed by atoms with E-state index in [1.165, 1.54) is 10.8 Å². The van der Waals surface area contributed by atoms with Crippen LogP contribution in [0.4, 0.5) is 0 Å². The highest BCUT2D eigenvalue weighted by Crippen LogP contribution is 2.35. The SMILES string of the molecule is NC1CCC(Oc2ccc3ccccc3c2Br)CC1. The number of ether oxygens (including phenoxy) is 1. The zero-order valence-electron chi connectivity index (χ0n) is 10.8. The minimum atomic E-state index is 0.303. The molecule has 0 bridgehead atoms. The van der Waals surface area contributed by atoms with Crippen molar-refractivity contribution in [3.05, 3.63) is 40.9 Å². The van der Waals surface area contributed by atoms with Gasteiger partial charge in [0.25, 0.3) is 0 Å². The lowest BCUT2D eigenvalue weighted by Gasteiger charge is -2.27. The molecule has 0 saturated heterocycles. The molecule has 1 fully saturated rings. The minimum Gasteiger partial charge on any atom is -0.489 e. The molecule has 0 unspecified atom stereocenters. The molecule has 3 heteroatoms. The third-order valence-electron chi connectivity index (χ3n) is 3.84. The smallest absolute Gasteiger partial charge is 0.134 e. The molecule has 0 atom stereocenters. The Labute approximate surface area is 122 Å². The summed E-state index contributed by atoms with van der Waals surface area (Å²) in [7, 11) is 0. The summed E-state index contributed by atoms with van der Waals surface area (Å²) in [4.78, 5) is 0. The second kappa shape index (κ2) is 5.51. The summed E-state index contributed by atoms with van der Waals surface area (Å²) in [6, 6.07) is 12.9. The Hall–Kier alpha value is -1.06. The van der Waals surface area contributed by atoms with Crippen molar-refractivity contribution in [2.75, 3.05) is 0 Å². The monoisotopic (exact) mass is 319 g/mol. The molecule has 1 saturated carbocycles. The molecule has 0 spiro atoms. The number of rotatable bonds is 2. The normalized spacial score (nSPS) is 23.5. The fraction of sp³-hybridized carbons (Fsp3) is 0.375. The van der Waals surface area contributed by atoms with Gasteiger partial charge in [-0.25, -0.2) is 0 Å². The van der Waals surface area contributed by atoms with Crippen LogP contribution in [0, 0.1) is 0 Å². The van der Waals surface area contributed by atoms with E-state index in [0.29, 0.717) is 12.1 Å². The lowest BCUT2D eigenvalue weighted by atomic mass is 9.94. The lowest BCUT2D eigenvalue weighted by Crippen LogP contribution is -2.31. The summed E-state index contributed by atoms with van der Waals surface area (Å²) < 4.78 is 7.20. The first kappa shape index (κ1) is 12.9. The number of benzene rings is 2. The van der Waals surface area contributed by atoms with Crippen LogP contribution in [-0.4, -0.2) is 12.1 Å². The van der Waals surface area contributed by atoms with E-state index in [0.717, 1.165) is 35.9 Å². The van der Waals surface area contributed by atoms with Gasteiger partial charge in [-0.15, -0.1) is 0 Å². The number of hydrogen-bond acceptors (Lipinski definition) is 2. The molecule has 2 N–H and O–H groups in total. The van der Waals surface area contributed by atoms with Crippen LogP contribution >= 0.6 is 15.9 Å². The Balaban J connectivity index is 1.83. The van der Waals surface area contributed by atoms with Crippen molar-refractivity contribution in [1.29, 1.82) is 0 Å². The van der Waals surface area contributed by atoms with Crippen molar-refractivity contribution in [3.8, 4) is 5.75 Å². The van der Waals surface area contributed by atoms with Gasteiger partial charge in [-0.2, -0.15) is 0 Å². The van der Waals surface area contributed by atoms with Crippen LogP contribution in [0.2, 0.25) is 0 Å². The lowest BCUT2D eigenvalue weighted by molar-refractivity contribution is 0.146. The molecular formula is C16H18BrNO. The van der Waals surface area contributed by atoms with Gasteiger partial charge in [0.2, 0.25) is 0 Å². The van der Waals surface area contributed by atoms with Crippen molar-refractivity contribution in [3.63, 3.8) is 0 Å². The van der Waals surface area contributed by atoms with Gasteiger partial charge < -0.3 is 10.5 Å². The second-order valence-electron chi connectivity index (χ2n) is 5.25. The third-order valence-corrected chi connectivity index (χ3v) is 4.66.